The van der Waals surface area contributed by atoms with Gasteiger partial charge in [-0.1, -0.05) is 48.2 Å². The first kappa shape index (κ1) is 19.2. The van der Waals surface area contributed by atoms with Crippen LogP contribution in [0.25, 0.3) is 0 Å². The third-order valence-electron chi connectivity index (χ3n) is 5.66. The summed E-state index contributed by atoms with van der Waals surface area (Å²) in [4.78, 5) is 14.7. The summed E-state index contributed by atoms with van der Waals surface area (Å²) in [6.07, 6.45) is 7.55. The van der Waals surface area contributed by atoms with Gasteiger partial charge in [0.2, 0.25) is 5.91 Å². The number of piperidine rings is 1. The van der Waals surface area contributed by atoms with E-state index in [4.69, 9.17) is 0 Å². The van der Waals surface area contributed by atoms with Gasteiger partial charge >= 0.3 is 0 Å². The van der Waals surface area contributed by atoms with E-state index in [1.807, 2.05) is 11.0 Å². The fraction of sp³-hybridized carbons (Fsp3) is 0.500. The number of nitrogens with zero attached hydrogens (tertiary/aromatic N) is 4. The summed E-state index contributed by atoms with van der Waals surface area (Å²) in [5.41, 5.74) is 1.40. The number of hydrogen-bond acceptors (Lipinski definition) is 4. The topological polar surface area (TPSA) is 51.0 Å². The van der Waals surface area contributed by atoms with Crippen molar-refractivity contribution in [2.45, 2.75) is 49.7 Å². The minimum Gasteiger partial charge on any atom is -0.342 e. The fourth-order valence-electron chi connectivity index (χ4n) is 3.90. The molecule has 1 aromatic heterocycles. The quantitative estimate of drug-likeness (QED) is 0.501. The molecule has 0 unspecified atom stereocenters. The van der Waals surface area contributed by atoms with Crippen LogP contribution in [0, 0.1) is 5.92 Å². The summed E-state index contributed by atoms with van der Waals surface area (Å²) >= 11 is 1.51. The molecule has 148 valence electrons. The molecule has 4 rings (SSSR count). The van der Waals surface area contributed by atoms with Gasteiger partial charge in [-0.3, -0.25) is 4.79 Å². The van der Waals surface area contributed by atoms with E-state index in [9.17, 15) is 4.79 Å². The number of likely N-dealkylation sites (tertiary alicyclic amines) is 1. The number of carbonyl (C=O) groups is 1. The summed E-state index contributed by atoms with van der Waals surface area (Å²) in [7, 11) is 0. The zero-order valence-corrected chi connectivity index (χ0v) is 17.1. The van der Waals surface area contributed by atoms with Crippen LogP contribution < -0.4 is 0 Å². The van der Waals surface area contributed by atoms with Crippen LogP contribution in [0.15, 0.2) is 48.1 Å². The van der Waals surface area contributed by atoms with Crippen LogP contribution in [-0.4, -0.2) is 44.4 Å². The third kappa shape index (κ3) is 4.66. The van der Waals surface area contributed by atoms with Gasteiger partial charge in [0.05, 0.1) is 5.75 Å². The van der Waals surface area contributed by atoms with Crippen molar-refractivity contribution >= 4 is 17.7 Å². The highest BCUT2D eigenvalue weighted by Gasteiger charge is 2.30. The summed E-state index contributed by atoms with van der Waals surface area (Å²) in [6, 6.07) is 10.7. The number of carbonyl (C=O) groups excluding carboxylic acids is 1. The molecule has 28 heavy (non-hydrogen) atoms. The zero-order chi connectivity index (χ0) is 19.3. The van der Waals surface area contributed by atoms with Gasteiger partial charge in [-0.2, -0.15) is 0 Å². The number of amides is 1. The molecule has 2 aromatic rings. The van der Waals surface area contributed by atoms with Crippen LogP contribution in [0.4, 0.5) is 0 Å². The lowest BCUT2D eigenvalue weighted by atomic mass is 9.90. The van der Waals surface area contributed by atoms with E-state index in [0.717, 1.165) is 43.3 Å². The van der Waals surface area contributed by atoms with Crippen LogP contribution in [0.3, 0.4) is 0 Å². The van der Waals surface area contributed by atoms with Gasteiger partial charge in [-0.15, -0.1) is 16.8 Å². The number of allylic oxidation sites excluding steroid dienone is 1. The molecule has 0 bridgehead atoms. The molecule has 1 aromatic carbocycles. The molecule has 6 heteroatoms. The van der Waals surface area contributed by atoms with Gasteiger partial charge in [0, 0.05) is 25.6 Å². The van der Waals surface area contributed by atoms with Gasteiger partial charge in [0.15, 0.2) is 5.16 Å². The average molecular weight is 397 g/mol. The van der Waals surface area contributed by atoms with Gasteiger partial charge in [0.25, 0.3) is 0 Å². The maximum absolute atomic E-state index is 12.7. The van der Waals surface area contributed by atoms with Crippen molar-refractivity contribution < 1.29 is 4.79 Å². The molecule has 0 spiro atoms. The molecule has 1 aliphatic carbocycles. The Morgan fingerprint density at radius 3 is 2.57 bits per heavy atom. The molecule has 5 nitrogen and oxygen atoms in total. The molecule has 1 amide bonds. The number of aromatic nitrogens is 3. The highest BCUT2D eigenvalue weighted by Crippen LogP contribution is 2.40. The number of benzene rings is 1. The minimum absolute atomic E-state index is 0.212. The second-order valence-corrected chi connectivity index (χ2v) is 8.76. The molecule has 0 N–H and O–H groups in total. The summed E-state index contributed by atoms with van der Waals surface area (Å²) in [5, 5.41) is 9.53. The van der Waals surface area contributed by atoms with E-state index in [1.54, 1.807) is 0 Å². The number of thioether (sulfide) groups is 1. The van der Waals surface area contributed by atoms with Crippen molar-refractivity contribution in [1.82, 2.24) is 19.7 Å². The van der Waals surface area contributed by atoms with E-state index in [1.165, 1.54) is 30.2 Å². The van der Waals surface area contributed by atoms with Crippen LogP contribution in [-0.2, 0) is 17.8 Å². The smallest absolute Gasteiger partial charge is 0.233 e. The van der Waals surface area contributed by atoms with Crippen LogP contribution in [0.1, 0.15) is 43.0 Å². The second kappa shape index (κ2) is 8.95. The first-order valence-corrected chi connectivity index (χ1v) is 11.2. The Labute approximate surface area is 171 Å². The van der Waals surface area contributed by atoms with E-state index < -0.39 is 0 Å². The molecular formula is C22H28N4OS. The van der Waals surface area contributed by atoms with Gasteiger partial charge < -0.3 is 9.47 Å². The average Bonchev–Trinajstić information content (AvgIpc) is 3.49. The number of hydrogen-bond donors (Lipinski definition) is 0. The molecule has 2 aliphatic rings. The Bertz CT molecular complexity index is 807. The molecule has 2 heterocycles. The zero-order valence-electron chi connectivity index (χ0n) is 16.3. The van der Waals surface area contributed by atoms with E-state index in [2.05, 4.69) is 51.7 Å². The van der Waals surface area contributed by atoms with Gasteiger partial charge in [-0.05, 0) is 43.6 Å². The highest BCUT2D eigenvalue weighted by atomic mass is 32.2. The maximum atomic E-state index is 12.7. The van der Waals surface area contributed by atoms with Crippen molar-refractivity contribution in [3.63, 3.8) is 0 Å². The Kier molecular flexibility index (Phi) is 6.15. The molecule has 1 aliphatic heterocycles. The Balaban J connectivity index is 1.26. The Morgan fingerprint density at radius 1 is 1.14 bits per heavy atom. The first-order chi connectivity index (χ1) is 13.7. The molecular weight excluding hydrogens is 368 g/mol. The van der Waals surface area contributed by atoms with Gasteiger partial charge in [0.1, 0.15) is 5.82 Å². The second-order valence-electron chi connectivity index (χ2n) is 7.82. The molecule has 2 fully saturated rings. The monoisotopic (exact) mass is 396 g/mol. The summed E-state index contributed by atoms with van der Waals surface area (Å²) < 4.78 is 2.12. The summed E-state index contributed by atoms with van der Waals surface area (Å²) in [6.45, 7) is 6.28. The largest absolute Gasteiger partial charge is 0.342 e. The van der Waals surface area contributed by atoms with E-state index in [0.29, 0.717) is 24.1 Å². The predicted octanol–water partition coefficient (Wildman–Crippen LogP) is 3.91. The van der Waals surface area contributed by atoms with Crippen LogP contribution in [0.2, 0.25) is 0 Å². The normalized spacial score (nSPS) is 17.6. The minimum atomic E-state index is 0.212. The number of rotatable bonds is 8. The third-order valence-corrected chi connectivity index (χ3v) is 6.61. The van der Waals surface area contributed by atoms with Crippen molar-refractivity contribution in [3.8, 4) is 0 Å². The van der Waals surface area contributed by atoms with Crippen molar-refractivity contribution in [1.29, 1.82) is 0 Å². The van der Waals surface area contributed by atoms with Crippen LogP contribution >= 0.6 is 11.8 Å². The first-order valence-electron chi connectivity index (χ1n) is 10.2. The lowest BCUT2D eigenvalue weighted by molar-refractivity contribution is -0.129. The summed E-state index contributed by atoms with van der Waals surface area (Å²) in [5.74, 6) is 2.92. The van der Waals surface area contributed by atoms with Gasteiger partial charge in [-0.25, -0.2) is 0 Å². The van der Waals surface area contributed by atoms with E-state index in [-0.39, 0.29) is 5.91 Å². The van der Waals surface area contributed by atoms with Crippen molar-refractivity contribution in [2.24, 2.45) is 5.92 Å². The lowest BCUT2D eigenvalue weighted by Gasteiger charge is -2.32. The van der Waals surface area contributed by atoms with E-state index >= 15 is 0 Å². The van der Waals surface area contributed by atoms with Crippen molar-refractivity contribution in [3.05, 3.63) is 54.4 Å². The standard InChI is InChI=1S/C22H28N4OS/c1-2-12-26-21(19-8-9-19)23-24-22(26)28-16-20(27)25-13-10-18(11-14-25)15-17-6-4-3-5-7-17/h2-7,18-19H,1,8-16H2. The SMILES string of the molecule is C=CCn1c(SCC(=O)N2CCC(Cc3ccccc3)CC2)nnc1C1CC1. The maximum Gasteiger partial charge on any atom is 0.233 e. The highest BCUT2D eigenvalue weighted by molar-refractivity contribution is 7.99. The molecule has 0 radical (unpaired) electrons. The predicted molar refractivity (Wildman–Crippen MR) is 112 cm³/mol. The van der Waals surface area contributed by atoms with Crippen LogP contribution in [0.5, 0.6) is 0 Å². The lowest BCUT2D eigenvalue weighted by Crippen LogP contribution is -2.39. The van der Waals surface area contributed by atoms with Crippen molar-refractivity contribution in [2.75, 3.05) is 18.8 Å². The Morgan fingerprint density at radius 2 is 1.89 bits per heavy atom. The molecule has 0 atom stereocenters. The Hall–Kier alpha value is -2.08. The fourth-order valence-corrected chi connectivity index (χ4v) is 4.76. The molecule has 1 saturated carbocycles. The molecule has 1 saturated heterocycles.